The summed E-state index contributed by atoms with van der Waals surface area (Å²) in [6.45, 7) is 7.58. The average Bonchev–Trinajstić information content (AvgIpc) is 2.73. The molecule has 5 nitrogen and oxygen atoms in total. The number of benzene rings is 1. The number of aryl methyl sites for hydroxylation is 3. The van der Waals surface area contributed by atoms with Crippen LogP contribution in [0.4, 0.5) is 0 Å². The first-order chi connectivity index (χ1) is 10.1. The van der Waals surface area contributed by atoms with E-state index in [1.807, 2.05) is 6.92 Å². The number of hydrogen-bond donors (Lipinski definition) is 1. The molecule has 1 atom stereocenters. The Balaban J connectivity index is 1.84. The van der Waals surface area contributed by atoms with Crippen molar-refractivity contribution in [3.63, 3.8) is 0 Å². The van der Waals surface area contributed by atoms with Gasteiger partial charge in [-0.05, 0) is 39.2 Å². The van der Waals surface area contributed by atoms with E-state index in [1.165, 1.54) is 16.7 Å². The summed E-state index contributed by atoms with van der Waals surface area (Å²) >= 11 is 0. The molecule has 0 fully saturated rings. The van der Waals surface area contributed by atoms with Crippen LogP contribution >= 0.6 is 0 Å². The van der Waals surface area contributed by atoms with E-state index in [0.29, 0.717) is 6.54 Å². The minimum Gasteiger partial charge on any atom is -0.493 e. The van der Waals surface area contributed by atoms with Crippen LogP contribution in [-0.2, 0) is 6.54 Å². The minimum absolute atomic E-state index is 0.275. The van der Waals surface area contributed by atoms with Gasteiger partial charge in [-0.15, -0.1) is 0 Å². The highest BCUT2D eigenvalue weighted by Gasteiger charge is 2.22. The maximum atomic E-state index is 5.94. The van der Waals surface area contributed by atoms with Gasteiger partial charge in [0.2, 0.25) is 0 Å². The number of hydrogen-bond acceptors (Lipinski definition) is 5. The fourth-order valence-electron chi connectivity index (χ4n) is 2.90. The van der Waals surface area contributed by atoms with Gasteiger partial charge in [-0.2, -0.15) is 0 Å². The van der Waals surface area contributed by atoms with Crippen molar-refractivity contribution < 1.29 is 9.37 Å². The highest BCUT2D eigenvalue weighted by atomic mass is 16.6. The van der Waals surface area contributed by atoms with Crippen LogP contribution in [0.25, 0.3) is 0 Å². The maximum Gasteiger partial charge on any atom is 0.126 e. The number of nitrogens with one attached hydrogen (secondary N) is 1. The van der Waals surface area contributed by atoms with E-state index in [2.05, 4.69) is 41.6 Å². The van der Waals surface area contributed by atoms with E-state index in [1.54, 1.807) is 0 Å². The Morgan fingerprint density at radius 3 is 2.86 bits per heavy atom. The summed E-state index contributed by atoms with van der Waals surface area (Å²) in [5.74, 6) is 1.03. The summed E-state index contributed by atoms with van der Waals surface area (Å²) < 4.78 is 10.7. The largest absolute Gasteiger partial charge is 0.493 e. The molecule has 0 saturated carbocycles. The Bertz CT molecular complexity index is 636. The molecule has 2 heterocycles. The predicted molar refractivity (Wildman–Crippen MR) is 79.3 cm³/mol. The van der Waals surface area contributed by atoms with Crippen molar-refractivity contribution in [2.24, 2.45) is 0 Å². The van der Waals surface area contributed by atoms with Gasteiger partial charge in [0, 0.05) is 18.2 Å². The highest BCUT2D eigenvalue weighted by molar-refractivity contribution is 5.46. The summed E-state index contributed by atoms with van der Waals surface area (Å²) in [6.07, 6.45) is 2.10. The average molecular weight is 287 g/mol. The second-order valence-electron chi connectivity index (χ2n) is 5.72. The van der Waals surface area contributed by atoms with Crippen molar-refractivity contribution in [2.45, 2.75) is 46.2 Å². The Kier molecular flexibility index (Phi) is 3.92. The maximum absolute atomic E-state index is 5.94. The van der Waals surface area contributed by atoms with Gasteiger partial charge >= 0.3 is 0 Å². The molecule has 2 aromatic rings. The Hall–Kier alpha value is -1.88. The van der Waals surface area contributed by atoms with Crippen molar-refractivity contribution in [2.75, 3.05) is 6.61 Å². The van der Waals surface area contributed by atoms with Crippen LogP contribution in [-0.4, -0.2) is 16.9 Å². The van der Waals surface area contributed by atoms with Gasteiger partial charge in [0.15, 0.2) is 0 Å². The number of aromatic nitrogens is 2. The molecule has 5 heteroatoms. The van der Waals surface area contributed by atoms with Crippen molar-refractivity contribution in [1.29, 1.82) is 0 Å². The quantitative estimate of drug-likeness (QED) is 0.940. The lowest BCUT2D eigenvalue weighted by Crippen LogP contribution is -2.21. The Labute approximate surface area is 124 Å². The van der Waals surface area contributed by atoms with Gasteiger partial charge in [0.05, 0.1) is 6.61 Å². The lowest BCUT2D eigenvalue weighted by atomic mass is 9.97. The molecule has 3 rings (SSSR count). The van der Waals surface area contributed by atoms with E-state index >= 15 is 0 Å². The highest BCUT2D eigenvalue weighted by Crippen LogP contribution is 2.35. The summed E-state index contributed by atoms with van der Waals surface area (Å²) in [7, 11) is 0. The fraction of sp³-hybridized carbons (Fsp3) is 0.500. The van der Waals surface area contributed by atoms with Gasteiger partial charge in [0.25, 0.3) is 0 Å². The van der Waals surface area contributed by atoms with Crippen LogP contribution in [0, 0.1) is 20.8 Å². The third-order valence-corrected chi connectivity index (χ3v) is 3.97. The van der Waals surface area contributed by atoms with Gasteiger partial charge in [-0.1, -0.05) is 28.0 Å². The second-order valence-corrected chi connectivity index (χ2v) is 5.72. The van der Waals surface area contributed by atoms with Crippen LogP contribution in [0.15, 0.2) is 16.8 Å². The first-order valence-electron chi connectivity index (χ1n) is 7.40. The molecule has 1 aromatic carbocycles. The SMILES string of the molecule is Cc1cc(C)c2c(c1)C(NCc1nonc1C)CCCO2. The van der Waals surface area contributed by atoms with Crippen molar-refractivity contribution >= 4 is 0 Å². The zero-order chi connectivity index (χ0) is 14.8. The molecular formula is C16H21N3O2. The molecule has 0 spiro atoms. The van der Waals surface area contributed by atoms with Gasteiger partial charge in [-0.3, -0.25) is 0 Å². The Morgan fingerprint density at radius 2 is 2.10 bits per heavy atom. The molecular weight excluding hydrogens is 266 g/mol. The zero-order valence-corrected chi connectivity index (χ0v) is 12.8. The van der Waals surface area contributed by atoms with E-state index in [9.17, 15) is 0 Å². The predicted octanol–water partition coefficient (Wildman–Crippen LogP) is 3.00. The lowest BCUT2D eigenvalue weighted by molar-refractivity contribution is 0.299. The molecule has 0 bridgehead atoms. The molecule has 1 aliphatic rings. The van der Waals surface area contributed by atoms with Crippen LogP contribution < -0.4 is 10.1 Å². The van der Waals surface area contributed by atoms with Crippen molar-refractivity contribution in [1.82, 2.24) is 15.6 Å². The van der Waals surface area contributed by atoms with Gasteiger partial charge in [0.1, 0.15) is 17.1 Å². The number of ether oxygens (including phenoxy) is 1. The fourth-order valence-corrected chi connectivity index (χ4v) is 2.90. The summed E-state index contributed by atoms with van der Waals surface area (Å²) in [5.41, 5.74) is 5.43. The molecule has 1 unspecified atom stereocenters. The van der Waals surface area contributed by atoms with E-state index < -0.39 is 0 Å². The third-order valence-electron chi connectivity index (χ3n) is 3.97. The van der Waals surface area contributed by atoms with Crippen molar-refractivity contribution in [3.05, 3.63) is 40.2 Å². The third kappa shape index (κ3) is 2.93. The normalized spacial score (nSPS) is 18.0. The van der Waals surface area contributed by atoms with Crippen LogP contribution in [0.5, 0.6) is 5.75 Å². The number of nitrogens with zero attached hydrogens (tertiary/aromatic N) is 2. The van der Waals surface area contributed by atoms with Gasteiger partial charge in [-0.25, -0.2) is 4.63 Å². The molecule has 0 saturated heterocycles. The van der Waals surface area contributed by atoms with Crippen LogP contribution in [0.3, 0.4) is 0 Å². The number of rotatable bonds is 3. The first kappa shape index (κ1) is 14.1. The van der Waals surface area contributed by atoms with Gasteiger partial charge < -0.3 is 10.1 Å². The molecule has 1 aliphatic heterocycles. The first-order valence-corrected chi connectivity index (χ1v) is 7.40. The summed E-state index contributed by atoms with van der Waals surface area (Å²) in [6, 6.07) is 4.67. The standard InChI is InChI=1S/C16H21N3O2/c1-10-7-11(2)16-13(8-10)14(5-4-6-20-16)17-9-15-12(3)18-21-19-15/h7-8,14,17H,4-6,9H2,1-3H3. The Morgan fingerprint density at radius 1 is 1.24 bits per heavy atom. The molecule has 0 aliphatic carbocycles. The topological polar surface area (TPSA) is 60.2 Å². The second kappa shape index (κ2) is 5.85. The van der Waals surface area contributed by atoms with E-state index in [4.69, 9.17) is 9.37 Å². The lowest BCUT2D eigenvalue weighted by Gasteiger charge is -2.19. The molecule has 112 valence electrons. The molecule has 0 amide bonds. The monoisotopic (exact) mass is 287 g/mol. The van der Waals surface area contributed by atoms with E-state index in [0.717, 1.165) is 36.6 Å². The molecule has 1 aromatic heterocycles. The molecule has 21 heavy (non-hydrogen) atoms. The summed E-state index contributed by atoms with van der Waals surface area (Å²) in [4.78, 5) is 0. The molecule has 0 radical (unpaired) electrons. The van der Waals surface area contributed by atoms with Crippen LogP contribution in [0.2, 0.25) is 0 Å². The summed E-state index contributed by atoms with van der Waals surface area (Å²) in [5, 5.41) is 11.3. The minimum atomic E-state index is 0.275. The van der Waals surface area contributed by atoms with Crippen LogP contribution in [0.1, 0.15) is 47.0 Å². The molecule has 1 N–H and O–H groups in total. The van der Waals surface area contributed by atoms with Crippen molar-refractivity contribution in [3.8, 4) is 5.75 Å². The smallest absolute Gasteiger partial charge is 0.126 e. The number of fused-ring (bicyclic) bond motifs is 1. The zero-order valence-electron chi connectivity index (χ0n) is 12.8. The van der Waals surface area contributed by atoms with E-state index in [-0.39, 0.29) is 6.04 Å².